The molecular formula is C22H18F2N2O3S. The van der Waals surface area contributed by atoms with E-state index in [-0.39, 0.29) is 17.2 Å². The molecule has 4 rings (SSSR count). The van der Waals surface area contributed by atoms with E-state index >= 15 is 0 Å². The topological polar surface area (TPSA) is 64.3 Å². The summed E-state index contributed by atoms with van der Waals surface area (Å²) in [5, 5.41) is 12.8. The van der Waals surface area contributed by atoms with Gasteiger partial charge in [0.05, 0.1) is 11.0 Å². The van der Waals surface area contributed by atoms with E-state index in [0.29, 0.717) is 22.1 Å². The summed E-state index contributed by atoms with van der Waals surface area (Å²) in [5.74, 6) is -1.70. The van der Waals surface area contributed by atoms with Gasteiger partial charge in [0.1, 0.15) is 5.82 Å². The smallest absolute Gasteiger partial charge is 0.259 e. The Hall–Kier alpha value is -3.10. The zero-order valence-corrected chi connectivity index (χ0v) is 17.3. The minimum absolute atomic E-state index is 0.0712. The van der Waals surface area contributed by atoms with Gasteiger partial charge in [-0.2, -0.15) is 0 Å². The molecule has 154 valence electrons. The van der Waals surface area contributed by atoms with E-state index in [1.54, 1.807) is 39.2 Å². The van der Waals surface area contributed by atoms with Gasteiger partial charge in [0.25, 0.3) is 5.56 Å². The van der Waals surface area contributed by atoms with Gasteiger partial charge in [-0.25, -0.2) is 13.8 Å². The highest BCUT2D eigenvalue weighted by Crippen LogP contribution is 2.39. The number of pyridine rings is 2. The number of thiophene rings is 1. The molecule has 1 aromatic carbocycles. The second kappa shape index (κ2) is 7.30. The number of fused-ring (bicyclic) bond motifs is 1. The Bertz CT molecular complexity index is 1320. The minimum atomic E-state index is -1.18. The number of aliphatic hydroxyl groups is 1. The molecule has 8 heteroatoms. The van der Waals surface area contributed by atoms with Crippen molar-refractivity contribution in [3.05, 3.63) is 75.7 Å². The summed E-state index contributed by atoms with van der Waals surface area (Å²) in [6, 6.07) is 6.43. The van der Waals surface area contributed by atoms with Gasteiger partial charge in [0, 0.05) is 46.9 Å². The Balaban J connectivity index is 1.96. The zero-order chi connectivity index (χ0) is 21.6. The number of aryl methyl sites for hydroxylation is 1. The molecule has 1 N–H and O–H groups in total. The molecule has 3 aromatic heterocycles. The predicted octanol–water partition coefficient (Wildman–Crippen LogP) is 4.96. The highest BCUT2D eigenvalue weighted by Gasteiger charge is 2.22. The van der Waals surface area contributed by atoms with E-state index in [0.717, 1.165) is 16.8 Å². The molecule has 30 heavy (non-hydrogen) atoms. The predicted molar refractivity (Wildman–Crippen MR) is 112 cm³/mol. The molecule has 0 spiro atoms. The SMILES string of the molecule is Cn1cc(-c2cc(C(C)(C)O)cnc2Oc2ccc(F)cc2F)c2sccc2c1=O. The molecule has 0 unspecified atom stereocenters. The first-order valence-corrected chi connectivity index (χ1v) is 9.96. The zero-order valence-electron chi connectivity index (χ0n) is 16.4. The van der Waals surface area contributed by atoms with Crippen LogP contribution in [0.3, 0.4) is 0 Å². The van der Waals surface area contributed by atoms with E-state index in [1.165, 1.54) is 28.2 Å². The van der Waals surface area contributed by atoms with Crippen LogP contribution in [-0.2, 0) is 12.6 Å². The highest BCUT2D eigenvalue weighted by molar-refractivity contribution is 7.17. The van der Waals surface area contributed by atoms with Crippen LogP contribution in [0.1, 0.15) is 19.4 Å². The van der Waals surface area contributed by atoms with Crippen molar-refractivity contribution in [3.63, 3.8) is 0 Å². The largest absolute Gasteiger partial charge is 0.435 e. The first-order valence-electron chi connectivity index (χ1n) is 9.08. The van der Waals surface area contributed by atoms with E-state index in [9.17, 15) is 18.7 Å². The van der Waals surface area contributed by atoms with E-state index < -0.39 is 17.2 Å². The van der Waals surface area contributed by atoms with Crippen LogP contribution in [0.4, 0.5) is 8.78 Å². The third-order valence-electron chi connectivity index (χ3n) is 4.73. The van der Waals surface area contributed by atoms with Crippen molar-refractivity contribution in [2.75, 3.05) is 0 Å². The first-order chi connectivity index (χ1) is 14.1. The molecule has 5 nitrogen and oxygen atoms in total. The van der Waals surface area contributed by atoms with Crippen LogP contribution in [0, 0.1) is 11.6 Å². The minimum Gasteiger partial charge on any atom is -0.435 e. The number of halogens is 2. The normalized spacial score (nSPS) is 11.8. The van der Waals surface area contributed by atoms with Crippen LogP contribution in [0.5, 0.6) is 11.6 Å². The molecule has 0 aliphatic carbocycles. The average Bonchev–Trinajstić information content (AvgIpc) is 3.16. The van der Waals surface area contributed by atoms with Gasteiger partial charge in [-0.05, 0) is 43.5 Å². The second-order valence-electron chi connectivity index (χ2n) is 7.43. The fourth-order valence-corrected chi connectivity index (χ4v) is 4.01. The Morgan fingerprint density at radius 1 is 1.17 bits per heavy atom. The van der Waals surface area contributed by atoms with Crippen molar-refractivity contribution < 1.29 is 18.6 Å². The Labute approximate surface area is 174 Å². The summed E-state index contributed by atoms with van der Waals surface area (Å²) >= 11 is 1.38. The van der Waals surface area contributed by atoms with Gasteiger partial charge in [-0.15, -0.1) is 11.3 Å². The maximum absolute atomic E-state index is 14.2. The van der Waals surface area contributed by atoms with Crippen molar-refractivity contribution in [2.45, 2.75) is 19.4 Å². The van der Waals surface area contributed by atoms with Crippen LogP contribution in [0.2, 0.25) is 0 Å². The lowest BCUT2D eigenvalue weighted by Crippen LogP contribution is -2.17. The Morgan fingerprint density at radius 3 is 2.63 bits per heavy atom. The number of hydrogen-bond acceptors (Lipinski definition) is 5. The third kappa shape index (κ3) is 3.59. The van der Waals surface area contributed by atoms with Gasteiger partial charge in [-0.1, -0.05) is 0 Å². The first kappa shape index (κ1) is 20.2. The van der Waals surface area contributed by atoms with E-state index in [4.69, 9.17) is 4.74 Å². The number of aromatic nitrogens is 2. The molecule has 0 amide bonds. The van der Waals surface area contributed by atoms with Crippen molar-refractivity contribution in [3.8, 4) is 22.8 Å². The van der Waals surface area contributed by atoms with Crippen molar-refractivity contribution in [1.82, 2.24) is 9.55 Å². The van der Waals surface area contributed by atoms with Crippen molar-refractivity contribution in [1.29, 1.82) is 0 Å². The lowest BCUT2D eigenvalue weighted by Gasteiger charge is -2.20. The molecule has 4 aromatic rings. The summed E-state index contributed by atoms with van der Waals surface area (Å²) in [6.45, 7) is 3.24. The maximum Gasteiger partial charge on any atom is 0.259 e. The van der Waals surface area contributed by atoms with E-state index in [1.807, 2.05) is 5.38 Å². The van der Waals surface area contributed by atoms with Crippen LogP contribution >= 0.6 is 11.3 Å². The molecule has 0 radical (unpaired) electrons. The van der Waals surface area contributed by atoms with Crippen molar-refractivity contribution >= 4 is 21.4 Å². The monoisotopic (exact) mass is 428 g/mol. The molecular weight excluding hydrogens is 410 g/mol. The van der Waals surface area contributed by atoms with Crippen LogP contribution in [-0.4, -0.2) is 14.7 Å². The average molecular weight is 428 g/mol. The fourth-order valence-electron chi connectivity index (χ4n) is 3.10. The number of benzene rings is 1. The lowest BCUT2D eigenvalue weighted by atomic mass is 9.96. The molecule has 3 heterocycles. The fraction of sp³-hybridized carbons (Fsp3) is 0.182. The summed E-state index contributed by atoms with van der Waals surface area (Å²) in [5.41, 5.74) is 0.313. The molecule has 0 fully saturated rings. The van der Waals surface area contributed by atoms with Crippen LogP contribution in [0.25, 0.3) is 21.2 Å². The molecule has 0 atom stereocenters. The molecule has 0 aliphatic heterocycles. The molecule has 0 aliphatic rings. The summed E-state index contributed by atoms with van der Waals surface area (Å²) in [4.78, 5) is 16.7. The second-order valence-corrected chi connectivity index (χ2v) is 8.35. The van der Waals surface area contributed by atoms with Gasteiger partial charge >= 0.3 is 0 Å². The summed E-state index contributed by atoms with van der Waals surface area (Å²) in [6.07, 6.45) is 3.09. The van der Waals surface area contributed by atoms with Gasteiger partial charge in [0.15, 0.2) is 11.6 Å². The third-order valence-corrected chi connectivity index (χ3v) is 5.68. The quantitative estimate of drug-likeness (QED) is 0.499. The van der Waals surface area contributed by atoms with Crippen LogP contribution < -0.4 is 10.3 Å². The Kier molecular flexibility index (Phi) is 4.91. The Morgan fingerprint density at radius 2 is 1.93 bits per heavy atom. The number of hydrogen-bond donors (Lipinski definition) is 1. The lowest BCUT2D eigenvalue weighted by molar-refractivity contribution is 0.0782. The summed E-state index contributed by atoms with van der Waals surface area (Å²) < 4.78 is 35.3. The van der Waals surface area contributed by atoms with Crippen molar-refractivity contribution in [2.24, 2.45) is 7.05 Å². The van der Waals surface area contributed by atoms with Gasteiger partial charge in [-0.3, -0.25) is 4.79 Å². The maximum atomic E-state index is 14.2. The number of rotatable bonds is 4. The molecule has 0 bridgehead atoms. The van der Waals surface area contributed by atoms with E-state index in [2.05, 4.69) is 4.98 Å². The molecule has 0 saturated carbocycles. The molecule has 0 saturated heterocycles. The standard InChI is InChI=1S/C22H18F2N2O3S/c1-22(2,28)12-8-15(16-11-26(3)21(27)14-6-7-30-19(14)16)20(25-10-12)29-18-5-4-13(23)9-17(18)24/h4-11,28H,1-3H3. The highest BCUT2D eigenvalue weighted by atomic mass is 32.1. The number of nitrogens with zero attached hydrogens (tertiary/aromatic N) is 2. The van der Waals surface area contributed by atoms with Crippen LogP contribution in [0.15, 0.2) is 52.9 Å². The van der Waals surface area contributed by atoms with Gasteiger partial charge in [0.2, 0.25) is 5.88 Å². The number of ether oxygens (including phenoxy) is 1. The summed E-state index contributed by atoms with van der Waals surface area (Å²) in [7, 11) is 1.64. The van der Waals surface area contributed by atoms with Gasteiger partial charge < -0.3 is 14.4 Å².